The van der Waals surface area contributed by atoms with Crippen LogP contribution in [0.2, 0.25) is 0 Å². The smallest absolute Gasteiger partial charge is 0.277 e. The Kier molecular flexibility index (Phi) is 9.97. The maximum Gasteiger partial charge on any atom is 0.277 e. The van der Waals surface area contributed by atoms with E-state index in [2.05, 4.69) is 33.1 Å². The van der Waals surface area contributed by atoms with Crippen molar-refractivity contribution in [3.63, 3.8) is 0 Å². The molecule has 1 aliphatic heterocycles. The Balaban J connectivity index is 1.27. The largest absolute Gasteiger partial charge is 0.493 e. The molecule has 1 aliphatic rings. The highest BCUT2D eigenvalue weighted by atomic mass is 127. The molecule has 2 amide bonds. The Labute approximate surface area is 236 Å². The van der Waals surface area contributed by atoms with E-state index in [-0.39, 0.29) is 18.4 Å². The van der Waals surface area contributed by atoms with Gasteiger partial charge in [-0.25, -0.2) is 5.43 Å². The Morgan fingerprint density at radius 1 is 0.947 bits per heavy atom. The van der Waals surface area contributed by atoms with Crippen molar-refractivity contribution >= 4 is 40.6 Å². The number of methoxy groups -OCH3 is 1. The summed E-state index contributed by atoms with van der Waals surface area (Å²) in [4.78, 5) is 26.6. The van der Waals surface area contributed by atoms with Gasteiger partial charge >= 0.3 is 0 Å². The molecule has 0 aromatic heterocycles. The third-order valence-corrected chi connectivity index (χ3v) is 6.92. The van der Waals surface area contributed by atoms with E-state index >= 15 is 0 Å². The van der Waals surface area contributed by atoms with E-state index in [1.54, 1.807) is 25.3 Å². The molecule has 1 fully saturated rings. The molecule has 38 heavy (non-hydrogen) atoms. The van der Waals surface area contributed by atoms with E-state index in [9.17, 15) is 9.59 Å². The van der Waals surface area contributed by atoms with Crippen molar-refractivity contribution in [2.45, 2.75) is 25.9 Å². The van der Waals surface area contributed by atoms with Gasteiger partial charge in [-0.3, -0.25) is 9.59 Å². The Morgan fingerprint density at radius 2 is 1.71 bits per heavy atom. The van der Waals surface area contributed by atoms with Crippen molar-refractivity contribution in [3.8, 4) is 17.2 Å². The SMILES string of the molecule is COc1cc(/C=N/NC(=O)COc2ccccc2I)ccc1OCc1ccc(C(=O)N2CCCCC2)cc1. The monoisotopic (exact) mass is 627 g/mol. The number of hydrogen-bond acceptors (Lipinski definition) is 6. The number of para-hydroxylation sites is 1. The molecule has 3 aromatic rings. The zero-order valence-electron chi connectivity index (χ0n) is 21.2. The number of hydrogen-bond donors (Lipinski definition) is 1. The van der Waals surface area contributed by atoms with Gasteiger partial charge in [-0.05, 0) is 95.4 Å². The van der Waals surface area contributed by atoms with Gasteiger partial charge in [0.25, 0.3) is 11.8 Å². The van der Waals surface area contributed by atoms with Gasteiger partial charge in [-0.2, -0.15) is 5.10 Å². The van der Waals surface area contributed by atoms with E-state index in [4.69, 9.17) is 14.2 Å². The summed E-state index contributed by atoms with van der Waals surface area (Å²) >= 11 is 2.15. The van der Waals surface area contributed by atoms with Crippen LogP contribution in [-0.2, 0) is 11.4 Å². The molecule has 0 radical (unpaired) electrons. The van der Waals surface area contributed by atoms with Crippen LogP contribution < -0.4 is 19.6 Å². The highest BCUT2D eigenvalue weighted by Gasteiger charge is 2.18. The summed E-state index contributed by atoms with van der Waals surface area (Å²) in [5.41, 5.74) is 4.83. The highest BCUT2D eigenvalue weighted by molar-refractivity contribution is 14.1. The van der Waals surface area contributed by atoms with Gasteiger partial charge in [0.2, 0.25) is 0 Å². The van der Waals surface area contributed by atoms with Crippen LogP contribution in [0.5, 0.6) is 17.2 Å². The molecule has 1 N–H and O–H groups in total. The molecule has 8 nitrogen and oxygen atoms in total. The van der Waals surface area contributed by atoms with Gasteiger partial charge in [0.15, 0.2) is 18.1 Å². The van der Waals surface area contributed by atoms with Crippen LogP contribution in [0.4, 0.5) is 0 Å². The van der Waals surface area contributed by atoms with Gasteiger partial charge in [-0.1, -0.05) is 24.3 Å². The predicted molar refractivity (Wildman–Crippen MR) is 154 cm³/mol. The third kappa shape index (κ3) is 7.70. The summed E-state index contributed by atoms with van der Waals surface area (Å²) in [6, 6.07) is 20.4. The van der Waals surface area contributed by atoms with Crippen LogP contribution in [-0.4, -0.2) is 49.7 Å². The lowest BCUT2D eigenvalue weighted by molar-refractivity contribution is -0.123. The zero-order valence-corrected chi connectivity index (χ0v) is 23.3. The lowest BCUT2D eigenvalue weighted by Crippen LogP contribution is -2.35. The van der Waals surface area contributed by atoms with Gasteiger partial charge in [0.05, 0.1) is 16.9 Å². The maximum absolute atomic E-state index is 12.7. The molecule has 1 saturated heterocycles. The first-order chi connectivity index (χ1) is 18.5. The summed E-state index contributed by atoms with van der Waals surface area (Å²) in [7, 11) is 1.56. The first-order valence-electron chi connectivity index (χ1n) is 12.4. The summed E-state index contributed by atoms with van der Waals surface area (Å²) in [6.07, 6.45) is 4.86. The molecule has 198 valence electrons. The number of amides is 2. The van der Waals surface area contributed by atoms with Crippen LogP contribution in [0.25, 0.3) is 0 Å². The minimum atomic E-state index is -0.364. The molecule has 0 aliphatic carbocycles. The molecule has 3 aromatic carbocycles. The molecule has 4 rings (SSSR count). The van der Waals surface area contributed by atoms with Crippen LogP contribution in [0, 0.1) is 3.57 Å². The van der Waals surface area contributed by atoms with Crippen LogP contribution in [0.3, 0.4) is 0 Å². The number of likely N-dealkylation sites (tertiary alicyclic amines) is 1. The van der Waals surface area contributed by atoms with Gasteiger partial charge in [-0.15, -0.1) is 0 Å². The maximum atomic E-state index is 12.7. The molecule has 0 bridgehead atoms. The number of nitrogens with one attached hydrogen (secondary N) is 1. The standard InChI is InChI=1S/C29H30IN3O5/c1-36-27-17-22(18-31-32-28(34)20-38-25-8-4-3-7-24(25)30)11-14-26(27)37-19-21-9-12-23(13-10-21)29(35)33-15-5-2-6-16-33/h3-4,7-14,17-18H,2,5-6,15-16,19-20H2,1H3,(H,32,34)/b31-18+. The van der Waals surface area contributed by atoms with E-state index < -0.39 is 0 Å². The van der Waals surface area contributed by atoms with Crippen molar-refractivity contribution in [2.75, 3.05) is 26.8 Å². The summed E-state index contributed by atoms with van der Waals surface area (Å²) in [5, 5.41) is 4.00. The number of carbonyl (C=O) groups excluding carboxylic acids is 2. The van der Waals surface area contributed by atoms with Crippen LogP contribution >= 0.6 is 22.6 Å². The zero-order chi connectivity index (χ0) is 26.7. The number of benzene rings is 3. The Hall–Kier alpha value is -3.60. The van der Waals surface area contributed by atoms with Crippen molar-refractivity contribution in [1.82, 2.24) is 10.3 Å². The number of rotatable bonds is 10. The number of piperidine rings is 1. The Bertz CT molecular complexity index is 1270. The molecule has 0 unspecified atom stereocenters. The van der Waals surface area contributed by atoms with E-state index in [0.29, 0.717) is 29.4 Å². The molecule has 0 spiro atoms. The van der Waals surface area contributed by atoms with E-state index in [1.807, 2.05) is 53.4 Å². The fraction of sp³-hybridized carbons (Fsp3) is 0.276. The van der Waals surface area contributed by atoms with Crippen molar-refractivity contribution in [1.29, 1.82) is 0 Å². The van der Waals surface area contributed by atoms with Crippen LogP contribution in [0.1, 0.15) is 40.7 Å². The van der Waals surface area contributed by atoms with Gasteiger partial charge < -0.3 is 19.1 Å². The Morgan fingerprint density at radius 3 is 2.45 bits per heavy atom. The quantitative estimate of drug-likeness (QED) is 0.194. The molecular weight excluding hydrogens is 597 g/mol. The minimum absolute atomic E-state index is 0.0887. The second-order valence-corrected chi connectivity index (χ2v) is 9.92. The van der Waals surface area contributed by atoms with E-state index in [1.165, 1.54) is 12.6 Å². The van der Waals surface area contributed by atoms with Crippen molar-refractivity contribution < 1.29 is 23.8 Å². The summed E-state index contributed by atoms with van der Waals surface area (Å²) in [5.74, 6) is 1.49. The first-order valence-corrected chi connectivity index (χ1v) is 13.5. The molecule has 9 heteroatoms. The van der Waals surface area contributed by atoms with Crippen LogP contribution in [0.15, 0.2) is 71.8 Å². The van der Waals surface area contributed by atoms with Crippen molar-refractivity contribution in [3.05, 3.63) is 87.0 Å². The van der Waals surface area contributed by atoms with Gasteiger partial charge in [0.1, 0.15) is 12.4 Å². The second-order valence-electron chi connectivity index (χ2n) is 8.76. The average Bonchev–Trinajstić information content (AvgIpc) is 2.96. The predicted octanol–water partition coefficient (Wildman–Crippen LogP) is 5.03. The molecule has 0 atom stereocenters. The lowest BCUT2D eigenvalue weighted by Gasteiger charge is -2.26. The number of halogens is 1. The fourth-order valence-electron chi connectivity index (χ4n) is 3.98. The third-order valence-electron chi connectivity index (χ3n) is 6.02. The lowest BCUT2D eigenvalue weighted by atomic mass is 10.1. The normalized spacial score (nSPS) is 13.3. The second kappa shape index (κ2) is 13.8. The molecule has 0 saturated carbocycles. The summed E-state index contributed by atoms with van der Waals surface area (Å²) in [6.45, 7) is 1.86. The fourth-order valence-corrected chi connectivity index (χ4v) is 4.53. The van der Waals surface area contributed by atoms with E-state index in [0.717, 1.165) is 40.6 Å². The van der Waals surface area contributed by atoms with Gasteiger partial charge in [0, 0.05) is 18.7 Å². The number of hydrazone groups is 1. The average molecular weight is 627 g/mol. The minimum Gasteiger partial charge on any atom is -0.493 e. The molecular formula is C29H30IN3O5. The number of nitrogens with zero attached hydrogens (tertiary/aromatic N) is 2. The summed E-state index contributed by atoms with van der Waals surface area (Å²) < 4.78 is 17.9. The molecule has 1 heterocycles. The number of ether oxygens (including phenoxy) is 3. The number of carbonyl (C=O) groups is 2. The first kappa shape index (κ1) is 27.4. The van der Waals surface area contributed by atoms with Crippen molar-refractivity contribution in [2.24, 2.45) is 5.10 Å². The topological polar surface area (TPSA) is 89.5 Å². The highest BCUT2D eigenvalue weighted by Crippen LogP contribution is 2.28.